The van der Waals surface area contributed by atoms with E-state index >= 15 is 4.39 Å². The largest absolute Gasteiger partial charge is 0.460 e. The number of hydrogen-bond donors (Lipinski definition) is 0. The number of halogens is 4. The minimum absolute atomic E-state index is 0.0816. The smallest absolute Gasteiger partial charge is 0.312 e. The highest BCUT2D eigenvalue weighted by atomic mass is 35.5. The molecule has 0 spiro atoms. The van der Waals surface area contributed by atoms with Crippen LogP contribution in [0.25, 0.3) is 0 Å². The number of Topliss-reactive ketones (excluding diaryl/α,β-unsaturated/α-hetero) is 1. The number of fused-ring (bicyclic) bond motifs is 1. The predicted molar refractivity (Wildman–Crippen MR) is 154 cm³/mol. The first-order valence-electron chi connectivity index (χ1n) is 13.4. The molecular formula is C29H34ClF3N4O4S. The van der Waals surface area contributed by atoms with Crippen molar-refractivity contribution in [2.45, 2.75) is 94.8 Å². The fraction of sp³-hybridized carbons (Fsp3) is 0.552. The summed E-state index contributed by atoms with van der Waals surface area (Å²) in [6, 6.07) is 3.96. The molecule has 0 unspecified atom stereocenters. The van der Waals surface area contributed by atoms with Crippen molar-refractivity contribution in [2.24, 2.45) is 9.36 Å². The number of aromatic nitrogens is 2. The molecule has 4 heterocycles. The zero-order chi connectivity index (χ0) is 31.5. The first kappa shape index (κ1) is 32.1. The van der Waals surface area contributed by atoms with Crippen LogP contribution < -0.4 is 0 Å². The van der Waals surface area contributed by atoms with Crippen LogP contribution in [-0.4, -0.2) is 59.7 Å². The van der Waals surface area contributed by atoms with Crippen molar-refractivity contribution < 1.29 is 31.7 Å². The molecule has 0 fully saturated rings. The Balaban J connectivity index is 1.86. The van der Waals surface area contributed by atoms with Crippen molar-refractivity contribution in [3.05, 3.63) is 57.9 Å². The highest BCUT2D eigenvalue weighted by Gasteiger charge is 2.61. The summed E-state index contributed by atoms with van der Waals surface area (Å²) >= 11 is 5.95. The van der Waals surface area contributed by atoms with Gasteiger partial charge in [0.15, 0.2) is 5.78 Å². The van der Waals surface area contributed by atoms with E-state index in [0.717, 1.165) is 6.07 Å². The standard InChI is InChI=1S/C29H34ClF3N4O4S/c1-16-10-17(30)14-34-24(16)20(38)11-18-8-9-19(31)25(36-18)28(7)22-13-29(32,33)15-35-42(22,40)27(5,6)21(37-28)12-23(39)41-26(2,3)4/h8-10,14,22H,11-13,15H2,1-7H3/t22-,28+,42-/m1/s1. The molecule has 42 heavy (non-hydrogen) atoms. The number of esters is 1. The van der Waals surface area contributed by atoms with Gasteiger partial charge < -0.3 is 4.74 Å². The van der Waals surface area contributed by atoms with Crippen LogP contribution in [0.1, 0.15) is 81.8 Å². The molecule has 3 atom stereocenters. The minimum atomic E-state index is -3.57. The molecule has 4 rings (SSSR count). The molecule has 0 saturated heterocycles. The molecule has 0 aromatic carbocycles. The van der Waals surface area contributed by atoms with Crippen LogP contribution in [0.4, 0.5) is 13.2 Å². The van der Waals surface area contributed by atoms with E-state index in [-0.39, 0.29) is 29.2 Å². The molecule has 13 heteroatoms. The van der Waals surface area contributed by atoms with Gasteiger partial charge in [-0.1, -0.05) is 11.6 Å². The molecule has 2 aliphatic heterocycles. The Hall–Kier alpha value is -2.86. The minimum Gasteiger partial charge on any atom is -0.460 e. The predicted octanol–water partition coefficient (Wildman–Crippen LogP) is 6.06. The van der Waals surface area contributed by atoms with Gasteiger partial charge >= 0.3 is 5.97 Å². The number of ether oxygens (including phenoxy) is 1. The summed E-state index contributed by atoms with van der Waals surface area (Å²) in [7, 11) is -3.57. The maximum Gasteiger partial charge on any atom is 0.312 e. The fourth-order valence-corrected chi connectivity index (χ4v) is 8.92. The second-order valence-corrected chi connectivity index (χ2v) is 15.9. The molecule has 2 aromatic heterocycles. The van der Waals surface area contributed by atoms with E-state index in [1.54, 1.807) is 47.6 Å². The van der Waals surface area contributed by atoms with Crippen molar-refractivity contribution in [3.63, 3.8) is 0 Å². The molecule has 8 nitrogen and oxygen atoms in total. The van der Waals surface area contributed by atoms with E-state index in [1.807, 2.05) is 0 Å². The lowest BCUT2D eigenvalue weighted by molar-refractivity contribution is -0.153. The van der Waals surface area contributed by atoms with Crippen LogP contribution in [0.15, 0.2) is 33.8 Å². The average Bonchev–Trinajstić information content (AvgIpc) is 2.84. The maximum absolute atomic E-state index is 15.6. The Labute approximate surface area is 248 Å². The van der Waals surface area contributed by atoms with Crippen LogP contribution in [0, 0.1) is 12.7 Å². The number of aliphatic imine (C=N–C) groups is 1. The number of rotatable bonds is 6. The Bertz CT molecular complexity index is 1610. The Morgan fingerprint density at radius 2 is 1.83 bits per heavy atom. The van der Waals surface area contributed by atoms with Gasteiger partial charge in [0.05, 0.1) is 37.6 Å². The van der Waals surface area contributed by atoms with Gasteiger partial charge in [0.25, 0.3) is 5.92 Å². The molecule has 0 bridgehead atoms. The summed E-state index contributed by atoms with van der Waals surface area (Å²) in [6.45, 7) is 10.2. The zero-order valence-corrected chi connectivity index (χ0v) is 26.1. The third kappa shape index (κ3) is 5.97. The summed E-state index contributed by atoms with van der Waals surface area (Å²) in [5, 5.41) is -1.09. The number of hydrogen-bond acceptors (Lipinski definition) is 8. The number of nitrogens with zero attached hydrogens (tertiary/aromatic N) is 4. The average molecular weight is 627 g/mol. The number of carbonyl (C=O) groups excluding carboxylic acids is 2. The van der Waals surface area contributed by atoms with Gasteiger partial charge in [0, 0.05) is 24.0 Å². The van der Waals surface area contributed by atoms with Gasteiger partial charge in [-0.25, -0.2) is 21.7 Å². The molecule has 0 aliphatic carbocycles. The van der Waals surface area contributed by atoms with Gasteiger partial charge in [0.1, 0.15) is 34.9 Å². The van der Waals surface area contributed by atoms with E-state index in [4.69, 9.17) is 21.3 Å². The highest BCUT2D eigenvalue weighted by Crippen LogP contribution is 2.50. The highest BCUT2D eigenvalue weighted by molar-refractivity contribution is 7.96. The molecule has 0 N–H and O–H groups in total. The fourth-order valence-electron chi connectivity index (χ4n) is 5.40. The van der Waals surface area contributed by atoms with Crippen molar-refractivity contribution in [1.82, 2.24) is 9.97 Å². The molecule has 0 amide bonds. The number of aryl methyl sites for hydroxylation is 1. The molecule has 0 saturated carbocycles. The first-order chi connectivity index (χ1) is 19.2. The molecule has 228 valence electrons. The summed E-state index contributed by atoms with van der Waals surface area (Å²) < 4.78 is 68.0. The maximum atomic E-state index is 15.6. The van der Waals surface area contributed by atoms with Gasteiger partial charge in [-0.2, -0.15) is 0 Å². The Kier molecular flexibility index (Phi) is 8.16. The van der Waals surface area contributed by atoms with E-state index in [2.05, 4.69) is 14.3 Å². The molecule has 0 radical (unpaired) electrons. The van der Waals surface area contributed by atoms with E-state index in [0.29, 0.717) is 10.6 Å². The SMILES string of the molecule is Cc1cc(Cl)cnc1C(=O)Cc1ccc(F)c([C@@]2(C)N=C(CC(=O)OC(C)(C)C)C(C)(C)[S@@]3(=O)=NCC(F)(F)C[C@H]23)n1. The summed E-state index contributed by atoms with van der Waals surface area (Å²) in [5.74, 6) is -5.28. The normalized spacial score (nSPS) is 26.5. The lowest BCUT2D eigenvalue weighted by atomic mass is 9.86. The van der Waals surface area contributed by atoms with Crippen molar-refractivity contribution in [1.29, 1.82) is 0 Å². The Morgan fingerprint density at radius 3 is 2.45 bits per heavy atom. The number of alkyl halides is 2. The van der Waals surface area contributed by atoms with Gasteiger partial charge in [-0.3, -0.25) is 24.5 Å². The monoisotopic (exact) mass is 626 g/mol. The topological polar surface area (TPSA) is 111 Å². The second kappa shape index (κ2) is 10.7. The number of pyridine rings is 2. The Morgan fingerprint density at radius 1 is 1.17 bits per heavy atom. The first-order valence-corrected chi connectivity index (χ1v) is 15.4. The van der Waals surface area contributed by atoms with Crippen molar-refractivity contribution >= 4 is 38.8 Å². The van der Waals surface area contributed by atoms with Crippen LogP contribution in [0.3, 0.4) is 0 Å². The number of ketones is 1. The summed E-state index contributed by atoms with van der Waals surface area (Å²) in [4.78, 5) is 39.1. The summed E-state index contributed by atoms with van der Waals surface area (Å²) in [5.41, 5.74) is -2.19. The van der Waals surface area contributed by atoms with Crippen LogP contribution >= 0.6 is 11.6 Å². The van der Waals surface area contributed by atoms with Crippen LogP contribution in [0.5, 0.6) is 0 Å². The number of carbonyl (C=O) groups is 2. The third-order valence-electron chi connectivity index (χ3n) is 7.54. The van der Waals surface area contributed by atoms with E-state index < -0.39 is 73.7 Å². The lowest BCUT2D eigenvalue weighted by Gasteiger charge is -2.49. The van der Waals surface area contributed by atoms with Crippen molar-refractivity contribution in [2.75, 3.05) is 6.54 Å². The quantitative estimate of drug-likeness (QED) is 0.285. The van der Waals surface area contributed by atoms with Gasteiger partial charge in [0.2, 0.25) is 0 Å². The van der Waals surface area contributed by atoms with Crippen molar-refractivity contribution in [3.8, 4) is 0 Å². The third-order valence-corrected chi connectivity index (χ3v) is 11.4. The molecule has 2 aliphatic rings. The van der Waals surface area contributed by atoms with Gasteiger partial charge in [-0.15, -0.1) is 0 Å². The second-order valence-electron chi connectivity index (χ2n) is 12.4. The lowest BCUT2D eigenvalue weighted by Crippen LogP contribution is -2.61. The zero-order valence-electron chi connectivity index (χ0n) is 24.6. The van der Waals surface area contributed by atoms with E-state index in [1.165, 1.54) is 19.2 Å². The summed E-state index contributed by atoms with van der Waals surface area (Å²) in [6.07, 6.45) is -0.229. The van der Waals surface area contributed by atoms with Crippen LogP contribution in [0.2, 0.25) is 5.02 Å². The van der Waals surface area contributed by atoms with Gasteiger partial charge in [-0.05, 0) is 72.2 Å². The molecular weight excluding hydrogens is 593 g/mol. The van der Waals surface area contributed by atoms with E-state index in [9.17, 15) is 22.6 Å². The molecule has 2 aromatic rings. The van der Waals surface area contributed by atoms with Crippen LogP contribution in [-0.2, 0) is 31.2 Å².